The first-order chi connectivity index (χ1) is 15.8. The van der Waals surface area contributed by atoms with Gasteiger partial charge in [-0.2, -0.15) is 0 Å². The summed E-state index contributed by atoms with van der Waals surface area (Å²) in [5.74, 6) is 0.470. The number of phenols is 1. The molecule has 3 aromatic rings. The van der Waals surface area contributed by atoms with Gasteiger partial charge in [0, 0.05) is 17.7 Å². The van der Waals surface area contributed by atoms with E-state index < -0.39 is 0 Å². The molecule has 4 nitrogen and oxygen atoms in total. The van der Waals surface area contributed by atoms with Gasteiger partial charge >= 0.3 is 0 Å². The predicted octanol–water partition coefficient (Wildman–Crippen LogP) is 6.67. The number of fused-ring (bicyclic) bond motifs is 1. The van der Waals surface area contributed by atoms with E-state index in [1.54, 1.807) is 12.1 Å². The van der Waals surface area contributed by atoms with E-state index in [2.05, 4.69) is 55.7 Å². The lowest BCUT2D eigenvalue weighted by molar-refractivity contribution is -0.116. The van der Waals surface area contributed by atoms with Crippen LogP contribution in [0.1, 0.15) is 62.3 Å². The Bertz CT molecular complexity index is 1230. The first kappa shape index (κ1) is 21.3. The number of ketones is 1. The zero-order valence-electron chi connectivity index (χ0n) is 19.4. The molecule has 2 unspecified atom stereocenters. The second kappa shape index (κ2) is 8.11. The van der Waals surface area contributed by atoms with Gasteiger partial charge < -0.3 is 15.7 Å². The fourth-order valence-electron chi connectivity index (χ4n) is 4.94. The summed E-state index contributed by atoms with van der Waals surface area (Å²) >= 11 is 0. The molecule has 1 heterocycles. The van der Waals surface area contributed by atoms with Gasteiger partial charge in [0.1, 0.15) is 5.75 Å². The molecule has 0 radical (unpaired) electrons. The van der Waals surface area contributed by atoms with E-state index in [-0.39, 0.29) is 28.9 Å². The van der Waals surface area contributed by atoms with E-state index in [9.17, 15) is 9.90 Å². The minimum absolute atomic E-state index is 0.100. The molecule has 0 saturated heterocycles. The van der Waals surface area contributed by atoms with Crippen LogP contribution < -0.4 is 10.6 Å². The molecule has 1 aliphatic heterocycles. The number of phenolic OH excluding ortho intramolecular Hbond substituents is 1. The standard InChI is InChI=1S/C29H30N2O2/c1-29(2,3)21-13-11-18(12-14-21)20-16-25-27(26(33)17-20)28(19-7-6-8-22(32)15-19)31-24-10-5-4-9-23(24)30-25/h4-15,20,28,30-32H,16-17H2,1-3H3. The molecule has 1 aliphatic carbocycles. The molecule has 3 aromatic carbocycles. The highest BCUT2D eigenvalue weighted by Crippen LogP contribution is 2.44. The number of anilines is 2. The molecule has 33 heavy (non-hydrogen) atoms. The van der Waals surface area contributed by atoms with Crippen LogP contribution in [-0.4, -0.2) is 10.9 Å². The van der Waals surface area contributed by atoms with Crippen LogP contribution in [0.15, 0.2) is 84.1 Å². The third kappa shape index (κ3) is 4.13. The first-order valence-corrected chi connectivity index (χ1v) is 11.6. The van der Waals surface area contributed by atoms with Gasteiger partial charge in [-0.1, -0.05) is 69.3 Å². The van der Waals surface area contributed by atoms with E-state index in [1.165, 1.54) is 11.1 Å². The third-order valence-electron chi connectivity index (χ3n) is 6.76. The maximum absolute atomic E-state index is 13.6. The molecule has 0 saturated carbocycles. The molecule has 3 N–H and O–H groups in total. The van der Waals surface area contributed by atoms with Crippen LogP contribution in [0.5, 0.6) is 5.75 Å². The van der Waals surface area contributed by atoms with E-state index in [0.717, 1.165) is 34.6 Å². The van der Waals surface area contributed by atoms with Crippen LogP contribution in [0.4, 0.5) is 11.4 Å². The average molecular weight is 439 g/mol. The van der Waals surface area contributed by atoms with Gasteiger partial charge in [-0.25, -0.2) is 0 Å². The Balaban J connectivity index is 1.55. The van der Waals surface area contributed by atoms with Crippen molar-refractivity contribution >= 4 is 17.2 Å². The summed E-state index contributed by atoms with van der Waals surface area (Å²) in [6.45, 7) is 6.64. The fraction of sp³-hybridized carbons (Fsp3) is 0.276. The van der Waals surface area contributed by atoms with Crippen LogP contribution >= 0.6 is 0 Å². The quantitative estimate of drug-likeness (QED) is 0.418. The summed E-state index contributed by atoms with van der Waals surface area (Å²) < 4.78 is 0. The van der Waals surface area contributed by atoms with Gasteiger partial charge in [0.05, 0.1) is 17.4 Å². The molecule has 2 aliphatic rings. The van der Waals surface area contributed by atoms with E-state index in [1.807, 2.05) is 36.4 Å². The van der Waals surface area contributed by atoms with Crippen LogP contribution in [0.25, 0.3) is 0 Å². The van der Waals surface area contributed by atoms with Crippen molar-refractivity contribution in [1.29, 1.82) is 0 Å². The number of benzene rings is 3. The van der Waals surface area contributed by atoms with Crippen molar-refractivity contribution in [3.63, 3.8) is 0 Å². The highest BCUT2D eigenvalue weighted by molar-refractivity contribution is 6.01. The summed E-state index contributed by atoms with van der Waals surface area (Å²) in [5.41, 5.74) is 7.10. The number of para-hydroxylation sites is 2. The number of aromatic hydroxyl groups is 1. The van der Waals surface area contributed by atoms with E-state index >= 15 is 0 Å². The first-order valence-electron chi connectivity index (χ1n) is 11.6. The third-order valence-corrected chi connectivity index (χ3v) is 6.76. The van der Waals surface area contributed by atoms with Gasteiger partial charge in [0.25, 0.3) is 0 Å². The molecule has 168 valence electrons. The van der Waals surface area contributed by atoms with Crippen molar-refractivity contribution in [3.05, 3.63) is 101 Å². The maximum atomic E-state index is 13.6. The predicted molar refractivity (Wildman–Crippen MR) is 134 cm³/mol. The Morgan fingerprint density at radius 3 is 2.27 bits per heavy atom. The molecule has 0 aromatic heterocycles. The Labute approximate surface area is 195 Å². The van der Waals surface area contributed by atoms with Gasteiger partial charge in [-0.05, 0) is 58.7 Å². The van der Waals surface area contributed by atoms with Crippen LogP contribution in [0.3, 0.4) is 0 Å². The lowest BCUT2D eigenvalue weighted by atomic mass is 9.77. The van der Waals surface area contributed by atoms with E-state index in [4.69, 9.17) is 0 Å². The van der Waals surface area contributed by atoms with Crippen molar-refractivity contribution in [2.45, 2.75) is 51.0 Å². The van der Waals surface area contributed by atoms with Crippen LogP contribution in [-0.2, 0) is 10.2 Å². The summed E-state index contributed by atoms with van der Waals surface area (Å²) in [4.78, 5) is 13.6. The lowest BCUT2D eigenvalue weighted by Gasteiger charge is -2.30. The topological polar surface area (TPSA) is 61.4 Å². The summed E-state index contributed by atoms with van der Waals surface area (Å²) in [5, 5.41) is 17.2. The number of hydrogen-bond acceptors (Lipinski definition) is 4. The monoisotopic (exact) mass is 438 g/mol. The number of carbonyl (C=O) groups excluding carboxylic acids is 1. The Morgan fingerprint density at radius 1 is 0.848 bits per heavy atom. The Hall–Kier alpha value is -3.53. The van der Waals surface area contributed by atoms with Crippen LogP contribution in [0.2, 0.25) is 0 Å². The largest absolute Gasteiger partial charge is 0.508 e. The van der Waals surface area contributed by atoms with Crippen molar-refractivity contribution in [2.24, 2.45) is 0 Å². The fourth-order valence-corrected chi connectivity index (χ4v) is 4.94. The SMILES string of the molecule is CC(C)(C)c1ccc(C2CC(=O)C3=C(C2)Nc2ccccc2NC3c2cccc(O)c2)cc1. The summed E-state index contributed by atoms with van der Waals surface area (Å²) in [6, 6.07) is 23.6. The van der Waals surface area contributed by atoms with Crippen molar-refractivity contribution in [3.8, 4) is 5.75 Å². The zero-order chi connectivity index (χ0) is 23.2. The van der Waals surface area contributed by atoms with Crippen molar-refractivity contribution < 1.29 is 9.90 Å². The lowest BCUT2D eigenvalue weighted by Crippen LogP contribution is -2.27. The smallest absolute Gasteiger partial charge is 0.163 e. The summed E-state index contributed by atoms with van der Waals surface area (Å²) in [7, 11) is 0. The molecule has 0 spiro atoms. The number of nitrogens with one attached hydrogen (secondary N) is 2. The second-order valence-corrected chi connectivity index (χ2v) is 10.1. The summed E-state index contributed by atoms with van der Waals surface area (Å²) in [6.07, 6.45) is 1.24. The highest BCUT2D eigenvalue weighted by Gasteiger charge is 2.36. The van der Waals surface area contributed by atoms with Gasteiger partial charge in [0.15, 0.2) is 5.78 Å². The van der Waals surface area contributed by atoms with Gasteiger partial charge in [-0.15, -0.1) is 0 Å². The second-order valence-electron chi connectivity index (χ2n) is 10.1. The normalized spacial score (nSPS) is 20.3. The molecular weight excluding hydrogens is 408 g/mol. The average Bonchev–Trinajstić information content (AvgIpc) is 2.95. The zero-order valence-corrected chi connectivity index (χ0v) is 19.4. The molecule has 0 amide bonds. The Kier molecular flexibility index (Phi) is 5.24. The van der Waals surface area contributed by atoms with Crippen molar-refractivity contribution in [2.75, 3.05) is 10.6 Å². The van der Waals surface area contributed by atoms with Gasteiger partial charge in [0.2, 0.25) is 0 Å². The number of carbonyl (C=O) groups is 1. The number of hydrogen-bond donors (Lipinski definition) is 3. The molecule has 0 fully saturated rings. The van der Waals surface area contributed by atoms with Crippen molar-refractivity contribution in [1.82, 2.24) is 0 Å². The molecule has 0 bridgehead atoms. The number of Topliss-reactive ketones (excluding diaryl/α,β-unsaturated/α-hetero) is 1. The highest BCUT2D eigenvalue weighted by atomic mass is 16.3. The molecular formula is C29H30N2O2. The molecule has 5 rings (SSSR count). The van der Waals surface area contributed by atoms with Gasteiger partial charge in [-0.3, -0.25) is 4.79 Å². The Morgan fingerprint density at radius 2 is 1.58 bits per heavy atom. The maximum Gasteiger partial charge on any atom is 0.163 e. The molecule has 2 atom stereocenters. The minimum Gasteiger partial charge on any atom is -0.508 e. The minimum atomic E-state index is -0.319. The van der Waals surface area contributed by atoms with Crippen LogP contribution in [0, 0.1) is 0 Å². The molecule has 4 heteroatoms. The van der Waals surface area contributed by atoms with E-state index in [0.29, 0.717) is 6.42 Å². The number of rotatable bonds is 2. The number of allylic oxidation sites excluding steroid dienone is 1.